The summed E-state index contributed by atoms with van der Waals surface area (Å²) in [4.78, 5) is 21.5. The second-order valence-electron chi connectivity index (χ2n) is 4.70. The number of ether oxygens (including phenoxy) is 1. The van der Waals surface area contributed by atoms with Crippen molar-refractivity contribution in [2.24, 2.45) is 0 Å². The summed E-state index contributed by atoms with van der Waals surface area (Å²) in [5.41, 5.74) is 0.331. The van der Waals surface area contributed by atoms with Crippen LogP contribution in [0.25, 0.3) is 0 Å². The van der Waals surface area contributed by atoms with E-state index < -0.39 is 16.9 Å². The summed E-state index contributed by atoms with van der Waals surface area (Å²) >= 11 is 0. The molecule has 0 saturated heterocycles. The number of hydrogen-bond donors (Lipinski definition) is 2. The quantitative estimate of drug-likeness (QED) is 0.583. The molecule has 0 bridgehead atoms. The number of carbonyl (C=O) groups is 1. The molecular formula is C13H18N2O5. The Morgan fingerprint density at radius 3 is 2.65 bits per heavy atom. The molecule has 0 amide bonds. The molecule has 0 spiro atoms. The summed E-state index contributed by atoms with van der Waals surface area (Å²) in [6.45, 7) is 5.04. The summed E-state index contributed by atoms with van der Waals surface area (Å²) in [6, 6.07) is 3.73. The van der Waals surface area contributed by atoms with Gasteiger partial charge in [-0.15, -0.1) is 0 Å². The number of hydrogen-bond acceptors (Lipinski definition) is 5. The summed E-state index contributed by atoms with van der Waals surface area (Å²) in [7, 11) is 0. The van der Waals surface area contributed by atoms with Gasteiger partial charge in [0.25, 0.3) is 0 Å². The number of aliphatic carboxylic acids is 1. The van der Waals surface area contributed by atoms with Gasteiger partial charge in [-0.3, -0.25) is 20.2 Å². The van der Waals surface area contributed by atoms with Crippen molar-refractivity contribution in [1.82, 2.24) is 5.32 Å². The molecule has 2 N–H and O–H groups in total. The maximum absolute atomic E-state index is 11.1. The van der Waals surface area contributed by atoms with Gasteiger partial charge < -0.3 is 9.84 Å². The maximum Gasteiger partial charge on any atom is 0.324 e. The molecule has 7 heteroatoms. The van der Waals surface area contributed by atoms with Gasteiger partial charge >= 0.3 is 11.7 Å². The maximum atomic E-state index is 11.1. The van der Waals surface area contributed by atoms with E-state index in [-0.39, 0.29) is 24.1 Å². The Labute approximate surface area is 116 Å². The molecule has 0 saturated carbocycles. The van der Waals surface area contributed by atoms with Gasteiger partial charge in [0.2, 0.25) is 0 Å². The van der Waals surface area contributed by atoms with Crippen LogP contribution in [0.15, 0.2) is 18.2 Å². The fourth-order valence-electron chi connectivity index (χ4n) is 1.75. The number of carboxylic acids is 1. The Bertz CT molecular complexity index is 502. The highest BCUT2D eigenvalue weighted by atomic mass is 16.6. The third-order valence-corrected chi connectivity index (χ3v) is 2.62. The zero-order valence-corrected chi connectivity index (χ0v) is 11.6. The Balaban J connectivity index is 2.85. The predicted octanol–water partition coefficient (Wildman–Crippen LogP) is 1.73. The van der Waals surface area contributed by atoms with Crippen molar-refractivity contribution in [3.8, 4) is 5.75 Å². The molecule has 0 radical (unpaired) electrons. The van der Waals surface area contributed by atoms with Crippen molar-refractivity contribution in [1.29, 1.82) is 0 Å². The number of nitro groups is 1. The highest BCUT2D eigenvalue weighted by Gasteiger charge is 2.23. The van der Waals surface area contributed by atoms with Gasteiger partial charge in [0.05, 0.1) is 4.92 Å². The molecule has 0 heterocycles. The smallest absolute Gasteiger partial charge is 0.324 e. The highest BCUT2D eigenvalue weighted by Crippen LogP contribution is 2.30. The lowest BCUT2D eigenvalue weighted by atomic mass is 10.2. The summed E-state index contributed by atoms with van der Waals surface area (Å²) in [5, 5.41) is 22.9. The lowest BCUT2D eigenvalue weighted by Gasteiger charge is -2.18. The van der Waals surface area contributed by atoms with E-state index in [1.54, 1.807) is 19.1 Å². The Morgan fingerprint density at radius 1 is 1.50 bits per heavy atom. The first kappa shape index (κ1) is 15.9. The SMILES string of the molecule is Cc1cccc(OCC(NC(C)C)C(=O)O)c1[N+](=O)[O-]. The molecule has 0 aliphatic rings. The van der Waals surface area contributed by atoms with E-state index in [0.29, 0.717) is 5.56 Å². The molecule has 0 fully saturated rings. The normalized spacial score (nSPS) is 12.2. The lowest BCUT2D eigenvalue weighted by Crippen LogP contribution is -2.44. The van der Waals surface area contributed by atoms with Crippen molar-refractivity contribution in [3.63, 3.8) is 0 Å². The van der Waals surface area contributed by atoms with Crippen LogP contribution >= 0.6 is 0 Å². The van der Waals surface area contributed by atoms with Crippen molar-refractivity contribution in [2.45, 2.75) is 32.9 Å². The van der Waals surface area contributed by atoms with Crippen LogP contribution in [0.3, 0.4) is 0 Å². The minimum absolute atomic E-state index is 0.0350. The third-order valence-electron chi connectivity index (χ3n) is 2.62. The van der Waals surface area contributed by atoms with Crippen molar-refractivity contribution in [2.75, 3.05) is 6.61 Å². The average Bonchev–Trinajstić information content (AvgIpc) is 2.33. The molecule has 1 aromatic rings. The van der Waals surface area contributed by atoms with Crippen LogP contribution in [-0.4, -0.2) is 34.7 Å². The van der Waals surface area contributed by atoms with E-state index >= 15 is 0 Å². The first-order valence-electron chi connectivity index (χ1n) is 6.18. The first-order chi connectivity index (χ1) is 9.32. The van der Waals surface area contributed by atoms with Crippen LogP contribution in [0.5, 0.6) is 5.75 Å². The van der Waals surface area contributed by atoms with Gasteiger partial charge in [-0.25, -0.2) is 0 Å². The van der Waals surface area contributed by atoms with Gasteiger partial charge in [0.1, 0.15) is 12.6 Å². The van der Waals surface area contributed by atoms with E-state index in [4.69, 9.17) is 9.84 Å². The number of carboxylic acid groups (broad SMARTS) is 1. The number of nitrogens with zero attached hydrogens (tertiary/aromatic N) is 1. The molecule has 1 unspecified atom stereocenters. The Morgan fingerprint density at radius 2 is 2.15 bits per heavy atom. The summed E-state index contributed by atoms with van der Waals surface area (Å²) < 4.78 is 5.32. The minimum Gasteiger partial charge on any atom is -0.485 e. The van der Waals surface area contributed by atoms with Crippen LogP contribution in [0.2, 0.25) is 0 Å². The van der Waals surface area contributed by atoms with Crippen LogP contribution < -0.4 is 10.1 Å². The number of aryl methyl sites for hydroxylation is 1. The van der Waals surface area contributed by atoms with Crippen LogP contribution in [0.4, 0.5) is 5.69 Å². The van der Waals surface area contributed by atoms with Crippen LogP contribution in [0, 0.1) is 17.0 Å². The van der Waals surface area contributed by atoms with Gasteiger partial charge in [-0.05, 0) is 13.0 Å². The Kier molecular flexibility index (Phi) is 5.45. The zero-order chi connectivity index (χ0) is 15.3. The van der Waals surface area contributed by atoms with Gasteiger partial charge in [0.15, 0.2) is 5.75 Å². The molecule has 20 heavy (non-hydrogen) atoms. The van der Waals surface area contributed by atoms with Crippen molar-refractivity contribution >= 4 is 11.7 Å². The molecule has 0 aliphatic carbocycles. The number of para-hydroxylation sites is 1. The molecule has 7 nitrogen and oxygen atoms in total. The van der Waals surface area contributed by atoms with Crippen LogP contribution in [0.1, 0.15) is 19.4 Å². The number of nitrogens with one attached hydrogen (secondary N) is 1. The molecule has 110 valence electrons. The molecule has 1 atom stereocenters. The number of rotatable bonds is 7. The van der Waals surface area contributed by atoms with Crippen molar-refractivity contribution < 1.29 is 19.6 Å². The number of benzene rings is 1. The van der Waals surface area contributed by atoms with Gasteiger partial charge in [-0.1, -0.05) is 26.0 Å². The molecular weight excluding hydrogens is 264 g/mol. The molecule has 1 rings (SSSR count). The summed E-state index contributed by atoms with van der Waals surface area (Å²) in [5.74, 6) is -0.985. The first-order valence-corrected chi connectivity index (χ1v) is 6.18. The minimum atomic E-state index is -1.06. The average molecular weight is 282 g/mol. The molecule has 1 aromatic carbocycles. The zero-order valence-electron chi connectivity index (χ0n) is 11.6. The van der Waals surface area contributed by atoms with E-state index in [9.17, 15) is 14.9 Å². The van der Waals surface area contributed by atoms with Gasteiger partial charge in [-0.2, -0.15) is 0 Å². The van der Waals surface area contributed by atoms with Crippen molar-refractivity contribution in [3.05, 3.63) is 33.9 Å². The molecule has 0 aliphatic heterocycles. The third kappa shape index (κ3) is 4.20. The second kappa shape index (κ2) is 6.85. The fourth-order valence-corrected chi connectivity index (χ4v) is 1.75. The fraction of sp³-hybridized carbons (Fsp3) is 0.462. The van der Waals surface area contributed by atoms with Gasteiger partial charge in [0, 0.05) is 11.6 Å². The predicted molar refractivity (Wildman–Crippen MR) is 73.0 cm³/mol. The topological polar surface area (TPSA) is 102 Å². The van der Waals surface area contributed by atoms with Crippen LogP contribution in [-0.2, 0) is 4.79 Å². The number of nitro benzene ring substituents is 1. The van der Waals surface area contributed by atoms with E-state index in [0.717, 1.165) is 0 Å². The van der Waals surface area contributed by atoms with E-state index in [2.05, 4.69) is 5.32 Å². The molecule has 0 aromatic heterocycles. The summed E-state index contributed by atoms with van der Waals surface area (Å²) in [6.07, 6.45) is 0. The standard InChI is InChI=1S/C13H18N2O5/c1-8(2)14-10(13(16)17)7-20-11-6-4-5-9(3)12(11)15(18)19/h4-6,8,10,14H,7H2,1-3H3,(H,16,17). The monoisotopic (exact) mass is 282 g/mol. The van der Waals surface area contributed by atoms with E-state index in [1.807, 2.05) is 13.8 Å². The second-order valence-corrected chi connectivity index (χ2v) is 4.70. The Hall–Kier alpha value is -2.15. The highest BCUT2D eigenvalue weighted by molar-refractivity contribution is 5.73. The lowest BCUT2D eigenvalue weighted by molar-refractivity contribution is -0.386. The van der Waals surface area contributed by atoms with E-state index in [1.165, 1.54) is 6.07 Å². The largest absolute Gasteiger partial charge is 0.485 e.